The van der Waals surface area contributed by atoms with Gasteiger partial charge in [-0.2, -0.15) is 5.10 Å². The summed E-state index contributed by atoms with van der Waals surface area (Å²) in [5.41, 5.74) is 5.35. The highest BCUT2D eigenvalue weighted by Crippen LogP contribution is 2.15. The molecule has 2 aromatic carbocycles. The number of carbonyl (C=O) groups excluding carboxylic acids is 1. The van der Waals surface area contributed by atoms with Gasteiger partial charge in [0.25, 0.3) is 5.91 Å². The molecule has 0 unspecified atom stereocenters. The van der Waals surface area contributed by atoms with E-state index in [1.54, 1.807) is 0 Å². The second-order valence-corrected chi connectivity index (χ2v) is 5.86. The highest BCUT2D eigenvalue weighted by molar-refractivity contribution is 6.02. The first kappa shape index (κ1) is 18.5. The SMILES string of the molecule is CCOc1ccc(NCC(=O)NN=C(c2ccccc2)C(C)C)cc1. The summed E-state index contributed by atoms with van der Waals surface area (Å²) in [4.78, 5) is 12.0. The lowest BCUT2D eigenvalue weighted by atomic mass is 10.0. The first-order valence-corrected chi connectivity index (χ1v) is 8.48. The van der Waals surface area contributed by atoms with E-state index in [1.165, 1.54) is 0 Å². The molecule has 0 aromatic heterocycles. The van der Waals surface area contributed by atoms with Crippen molar-refractivity contribution in [2.75, 3.05) is 18.5 Å². The van der Waals surface area contributed by atoms with Gasteiger partial charge in [0.05, 0.1) is 18.9 Å². The lowest BCUT2D eigenvalue weighted by molar-refractivity contribution is -0.119. The molecule has 2 N–H and O–H groups in total. The zero-order chi connectivity index (χ0) is 18.1. The van der Waals surface area contributed by atoms with Crippen LogP contribution in [0.15, 0.2) is 59.7 Å². The Labute approximate surface area is 149 Å². The van der Waals surface area contributed by atoms with Gasteiger partial charge in [0, 0.05) is 5.69 Å². The summed E-state index contributed by atoms with van der Waals surface area (Å²) >= 11 is 0. The molecule has 5 nitrogen and oxygen atoms in total. The molecule has 0 atom stereocenters. The van der Waals surface area contributed by atoms with Crippen LogP contribution >= 0.6 is 0 Å². The molecule has 0 spiro atoms. The second kappa shape index (κ2) is 9.47. The van der Waals surface area contributed by atoms with Crippen LogP contribution in [0.3, 0.4) is 0 Å². The molecule has 0 fully saturated rings. The maximum absolute atomic E-state index is 12.0. The van der Waals surface area contributed by atoms with Crippen LogP contribution in [0.25, 0.3) is 0 Å². The number of ether oxygens (including phenoxy) is 1. The van der Waals surface area contributed by atoms with Crippen LogP contribution < -0.4 is 15.5 Å². The van der Waals surface area contributed by atoms with Gasteiger partial charge >= 0.3 is 0 Å². The van der Waals surface area contributed by atoms with Crippen LogP contribution in [-0.2, 0) is 4.79 Å². The van der Waals surface area contributed by atoms with Crippen LogP contribution in [0.5, 0.6) is 5.75 Å². The van der Waals surface area contributed by atoms with Gasteiger partial charge in [-0.25, -0.2) is 5.43 Å². The quantitative estimate of drug-likeness (QED) is 0.570. The normalized spacial score (nSPS) is 11.3. The van der Waals surface area contributed by atoms with Gasteiger partial charge in [-0.15, -0.1) is 0 Å². The van der Waals surface area contributed by atoms with Crippen molar-refractivity contribution in [3.63, 3.8) is 0 Å². The van der Waals surface area contributed by atoms with Crippen LogP contribution in [0, 0.1) is 5.92 Å². The van der Waals surface area contributed by atoms with Gasteiger partial charge in [-0.05, 0) is 42.7 Å². The zero-order valence-corrected chi connectivity index (χ0v) is 15.0. The molecule has 0 bridgehead atoms. The number of anilines is 1. The second-order valence-electron chi connectivity index (χ2n) is 5.86. The smallest absolute Gasteiger partial charge is 0.259 e. The van der Waals surface area contributed by atoms with Gasteiger partial charge in [0.2, 0.25) is 0 Å². The number of amides is 1. The standard InChI is InChI=1S/C20H25N3O2/c1-4-25-18-12-10-17(11-13-18)21-14-19(24)22-23-20(15(2)3)16-8-6-5-7-9-16/h5-13,15,21H,4,14H2,1-3H3,(H,22,24). The molecular weight excluding hydrogens is 314 g/mol. The van der Waals surface area contributed by atoms with E-state index in [0.29, 0.717) is 6.61 Å². The number of nitrogens with one attached hydrogen (secondary N) is 2. The Morgan fingerprint density at radius 3 is 2.36 bits per heavy atom. The molecule has 25 heavy (non-hydrogen) atoms. The Hall–Kier alpha value is -2.82. The number of benzene rings is 2. The van der Waals surface area contributed by atoms with Crippen LogP contribution in [0.4, 0.5) is 5.69 Å². The lowest BCUT2D eigenvalue weighted by Crippen LogP contribution is -2.28. The summed E-state index contributed by atoms with van der Waals surface area (Å²) in [6.07, 6.45) is 0. The Balaban J connectivity index is 1.90. The number of hydrazone groups is 1. The number of carbonyl (C=O) groups is 1. The monoisotopic (exact) mass is 339 g/mol. The van der Waals surface area contributed by atoms with Crippen molar-refractivity contribution in [3.05, 3.63) is 60.2 Å². The van der Waals surface area contributed by atoms with Gasteiger partial charge in [0.1, 0.15) is 5.75 Å². The predicted octanol–water partition coefficient (Wildman–Crippen LogP) is 3.67. The molecule has 0 aliphatic carbocycles. The maximum atomic E-state index is 12.0. The molecule has 0 saturated heterocycles. The first-order chi connectivity index (χ1) is 12.1. The van der Waals surface area contributed by atoms with Crippen LogP contribution in [0.1, 0.15) is 26.3 Å². The maximum Gasteiger partial charge on any atom is 0.259 e. The Morgan fingerprint density at radius 1 is 1.08 bits per heavy atom. The van der Waals surface area contributed by atoms with E-state index in [4.69, 9.17) is 4.74 Å². The van der Waals surface area contributed by atoms with Crippen molar-refractivity contribution in [2.45, 2.75) is 20.8 Å². The molecule has 0 aliphatic rings. The number of rotatable bonds is 8. The van der Waals surface area contributed by atoms with Gasteiger partial charge < -0.3 is 10.1 Å². The molecule has 0 radical (unpaired) electrons. The Morgan fingerprint density at radius 2 is 1.76 bits per heavy atom. The third-order valence-electron chi connectivity index (χ3n) is 3.54. The van der Waals surface area contributed by atoms with Crippen molar-refractivity contribution < 1.29 is 9.53 Å². The molecule has 0 saturated carbocycles. The molecule has 2 rings (SSSR count). The Kier molecular flexibility index (Phi) is 7.01. The lowest BCUT2D eigenvalue weighted by Gasteiger charge is -2.11. The molecule has 0 aliphatic heterocycles. The van der Waals surface area contributed by atoms with E-state index in [9.17, 15) is 4.79 Å². The third kappa shape index (κ3) is 5.95. The number of nitrogens with zero attached hydrogens (tertiary/aromatic N) is 1. The van der Waals surface area contributed by atoms with Crippen molar-refractivity contribution in [1.82, 2.24) is 5.43 Å². The molecule has 5 heteroatoms. The fourth-order valence-electron chi connectivity index (χ4n) is 2.32. The zero-order valence-electron chi connectivity index (χ0n) is 15.0. The van der Waals surface area contributed by atoms with Gasteiger partial charge in [-0.1, -0.05) is 44.2 Å². The van der Waals surface area contributed by atoms with E-state index in [2.05, 4.69) is 29.7 Å². The van der Waals surface area contributed by atoms with Gasteiger partial charge in [-0.3, -0.25) is 4.79 Å². The minimum atomic E-state index is -0.192. The predicted molar refractivity (Wildman–Crippen MR) is 102 cm³/mol. The van der Waals surface area contributed by atoms with E-state index in [-0.39, 0.29) is 18.4 Å². The summed E-state index contributed by atoms with van der Waals surface area (Å²) in [5.74, 6) is 0.830. The summed E-state index contributed by atoms with van der Waals surface area (Å²) in [5, 5.41) is 7.37. The van der Waals surface area contributed by atoms with Crippen molar-refractivity contribution in [3.8, 4) is 5.75 Å². The van der Waals surface area contributed by atoms with Crippen molar-refractivity contribution in [2.24, 2.45) is 11.0 Å². The van der Waals surface area contributed by atoms with Crippen LogP contribution in [0.2, 0.25) is 0 Å². The summed E-state index contributed by atoms with van der Waals surface area (Å²) in [6, 6.07) is 17.4. The van der Waals surface area contributed by atoms with E-state index in [1.807, 2.05) is 61.5 Å². The van der Waals surface area contributed by atoms with E-state index < -0.39 is 0 Å². The number of hydrogen-bond donors (Lipinski definition) is 2. The summed E-state index contributed by atoms with van der Waals surface area (Å²) in [7, 11) is 0. The minimum Gasteiger partial charge on any atom is -0.494 e. The molecule has 1 amide bonds. The van der Waals surface area contributed by atoms with E-state index in [0.717, 1.165) is 22.7 Å². The molecule has 2 aromatic rings. The van der Waals surface area contributed by atoms with Crippen molar-refractivity contribution >= 4 is 17.3 Å². The molecule has 132 valence electrons. The average Bonchev–Trinajstić information content (AvgIpc) is 2.62. The van der Waals surface area contributed by atoms with Gasteiger partial charge in [0.15, 0.2) is 0 Å². The van der Waals surface area contributed by atoms with Crippen LogP contribution in [-0.4, -0.2) is 24.8 Å². The van der Waals surface area contributed by atoms with Crippen molar-refractivity contribution in [1.29, 1.82) is 0 Å². The Bertz CT molecular complexity index is 695. The number of hydrogen-bond acceptors (Lipinski definition) is 4. The largest absolute Gasteiger partial charge is 0.494 e. The molecule has 0 heterocycles. The fraction of sp³-hybridized carbons (Fsp3) is 0.300. The third-order valence-corrected chi connectivity index (χ3v) is 3.54. The van der Waals surface area contributed by atoms with E-state index >= 15 is 0 Å². The molecular formula is C20H25N3O2. The average molecular weight is 339 g/mol. The first-order valence-electron chi connectivity index (χ1n) is 8.48. The minimum absolute atomic E-state index is 0.150. The highest BCUT2D eigenvalue weighted by Gasteiger charge is 2.09. The summed E-state index contributed by atoms with van der Waals surface area (Å²) < 4.78 is 5.39. The fourth-order valence-corrected chi connectivity index (χ4v) is 2.32. The topological polar surface area (TPSA) is 62.7 Å². The highest BCUT2D eigenvalue weighted by atomic mass is 16.5. The summed E-state index contributed by atoms with van der Waals surface area (Å²) in [6.45, 7) is 6.83.